The SMILES string of the molecule is OCc1ccc2c(n1)CCOC2. The van der Waals surface area contributed by atoms with E-state index in [0.29, 0.717) is 6.61 Å². The lowest BCUT2D eigenvalue weighted by atomic mass is 10.1. The van der Waals surface area contributed by atoms with E-state index in [1.807, 2.05) is 12.1 Å². The van der Waals surface area contributed by atoms with Crippen LogP contribution in [-0.4, -0.2) is 16.7 Å². The Morgan fingerprint density at radius 1 is 1.50 bits per heavy atom. The molecule has 0 saturated heterocycles. The van der Waals surface area contributed by atoms with Gasteiger partial charge in [0.1, 0.15) is 0 Å². The summed E-state index contributed by atoms with van der Waals surface area (Å²) < 4.78 is 5.27. The van der Waals surface area contributed by atoms with Crippen molar-refractivity contribution >= 4 is 0 Å². The summed E-state index contributed by atoms with van der Waals surface area (Å²) in [5, 5.41) is 8.85. The van der Waals surface area contributed by atoms with Crippen LogP contribution in [0, 0.1) is 0 Å². The van der Waals surface area contributed by atoms with Gasteiger partial charge >= 0.3 is 0 Å². The first-order valence-electron chi connectivity index (χ1n) is 4.06. The molecule has 12 heavy (non-hydrogen) atoms. The van der Waals surface area contributed by atoms with Gasteiger partial charge < -0.3 is 9.84 Å². The number of aromatic nitrogens is 1. The molecule has 0 unspecified atom stereocenters. The molecule has 1 N–H and O–H groups in total. The third kappa shape index (κ3) is 1.33. The zero-order chi connectivity index (χ0) is 8.39. The lowest BCUT2D eigenvalue weighted by Gasteiger charge is -2.15. The molecule has 0 aromatic carbocycles. The molecular weight excluding hydrogens is 154 g/mol. The highest BCUT2D eigenvalue weighted by atomic mass is 16.5. The second-order valence-corrected chi connectivity index (χ2v) is 2.87. The van der Waals surface area contributed by atoms with Crippen LogP contribution in [0.3, 0.4) is 0 Å². The highest BCUT2D eigenvalue weighted by molar-refractivity contribution is 5.23. The van der Waals surface area contributed by atoms with Gasteiger partial charge in [0, 0.05) is 12.1 Å². The topological polar surface area (TPSA) is 42.4 Å². The van der Waals surface area contributed by atoms with E-state index in [9.17, 15) is 0 Å². The Hall–Kier alpha value is -0.930. The van der Waals surface area contributed by atoms with Crippen molar-refractivity contribution in [1.29, 1.82) is 0 Å². The summed E-state index contributed by atoms with van der Waals surface area (Å²) in [4.78, 5) is 4.30. The number of hydrogen-bond acceptors (Lipinski definition) is 3. The lowest BCUT2D eigenvalue weighted by Crippen LogP contribution is -2.12. The number of fused-ring (bicyclic) bond motifs is 1. The summed E-state index contributed by atoms with van der Waals surface area (Å²) in [7, 11) is 0. The zero-order valence-corrected chi connectivity index (χ0v) is 6.79. The fourth-order valence-electron chi connectivity index (χ4n) is 1.36. The summed E-state index contributed by atoms with van der Waals surface area (Å²) in [6, 6.07) is 3.82. The highest BCUT2D eigenvalue weighted by Crippen LogP contribution is 2.14. The van der Waals surface area contributed by atoms with Gasteiger partial charge in [-0.25, -0.2) is 0 Å². The fraction of sp³-hybridized carbons (Fsp3) is 0.444. The monoisotopic (exact) mass is 165 g/mol. The van der Waals surface area contributed by atoms with Crippen molar-refractivity contribution in [2.45, 2.75) is 19.6 Å². The van der Waals surface area contributed by atoms with Crippen LogP contribution in [0.4, 0.5) is 0 Å². The Balaban J connectivity index is 2.36. The first kappa shape index (κ1) is 7.71. The van der Waals surface area contributed by atoms with Gasteiger partial charge in [-0.2, -0.15) is 0 Å². The molecule has 0 atom stereocenters. The quantitative estimate of drug-likeness (QED) is 0.664. The Morgan fingerprint density at radius 2 is 2.42 bits per heavy atom. The Bertz CT molecular complexity index is 286. The molecule has 1 aromatic rings. The average Bonchev–Trinajstić information content (AvgIpc) is 2.17. The van der Waals surface area contributed by atoms with Crippen molar-refractivity contribution in [2.24, 2.45) is 0 Å². The van der Waals surface area contributed by atoms with Gasteiger partial charge in [0.25, 0.3) is 0 Å². The molecular formula is C9H11NO2. The summed E-state index contributed by atoms with van der Waals surface area (Å²) >= 11 is 0. The molecule has 0 aliphatic carbocycles. The predicted molar refractivity (Wildman–Crippen MR) is 43.5 cm³/mol. The third-order valence-corrected chi connectivity index (χ3v) is 2.03. The van der Waals surface area contributed by atoms with Crippen LogP contribution in [0.5, 0.6) is 0 Å². The van der Waals surface area contributed by atoms with Gasteiger partial charge in [-0.15, -0.1) is 0 Å². The first-order chi connectivity index (χ1) is 5.90. The van der Waals surface area contributed by atoms with Crippen molar-refractivity contribution in [3.63, 3.8) is 0 Å². The van der Waals surface area contributed by atoms with Crippen molar-refractivity contribution in [3.8, 4) is 0 Å². The summed E-state index contributed by atoms with van der Waals surface area (Å²) in [5.41, 5.74) is 2.97. The minimum atomic E-state index is 0.0220. The summed E-state index contributed by atoms with van der Waals surface area (Å²) in [6.45, 7) is 1.43. The van der Waals surface area contributed by atoms with Crippen LogP contribution in [0.15, 0.2) is 12.1 Å². The van der Waals surface area contributed by atoms with Crippen molar-refractivity contribution in [3.05, 3.63) is 29.1 Å². The Morgan fingerprint density at radius 3 is 3.25 bits per heavy atom. The Kier molecular flexibility index (Phi) is 2.06. The molecule has 2 heterocycles. The standard InChI is InChI=1S/C9H11NO2/c11-5-8-2-1-7-6-12-4-3-9(7)10-8/h1-2,11H,3-6H2. The number of aliphatic hydroxyl groups excluding tert-OH is 1. The average molecular weight is 165 g/mol. The van der Waals surface area contributed by atoms with E-state index in [2.05, 4.69) is 4.98 Å². The molecule has 1 aromatic heterocycles. The third-order valence-electron chi connectivity index (χ3n) is 2.03. The maximum absolute atomic E-state index is 8.85. The minimum Gasteiger partial charge on any atom is -0.390 e. The number of ether oxygens (including phenoxy) is 1. The van der Waals surface area contributed by atoms with Gasteiger partial charge in [0.05, 0.1) is 25.5 Å². The Labute approximate surface area is 71.0 Å². The molecule has 0 fully saturated rings. The van der Waals surface area contributed by atoms with Gasteiger partial charge in [-0.3, -0.25) is 4.98 Å². The van der Waals surface area contributed by atoms with Crippen molar-refractivity contribution in [2.75, 3.05) is 6.61 Å². The molecule has 0 spiro atoms. The van der Waals surface area contributed by atoms with E-state index in [1.54, 1.807) is 0 Å². The number of aliphatic hydroxyl groups is 1. The van der Waals surface area contributed by atoms with Crippen molar-refractivity contribution in [1.82, 2.24) is 4.98 Å². The predicted octanol–water partition coefficient (Wildman–Crippen LogP) is 0.647. The normalized spacial score (nSPS) is 15.8. The van der Waals surface area contributed by atoms with E-state index >= 15 is 0 Å². The molecule has 64 valence electrons. The molecule has 3 nitrogen and oxygen atoms in total. The van der Waals surface area contributed by atoms with Gasteiger partial charge in [-0.05, 0) is 11.6 Å². The van der Waals surface area contributed by atoms with Crippen LogP contribution >= 0.6 is 0 Å². The second-order valence-electron chi connectivity index (χ2n) is 2.87. The van der Waals surface area contributed by atoms with Gasteiger partial charge in [0.2, 0.25) is 0 Å². The minimum absolute atomic E-state index is 0.0220. The van der Waals surface area contributed by atoms with E-state index < -0.39 is 0 Å². The highest BCUT2D eigenvalue weighted by Gasteiger charge is 2.10. The fourth-order valence-corrected chi connectivity index (χ4v) is 1.36. The number of hydrogen-bond donors (Lipinski definition) is 1. The molecule has 1 aliphatic heterocycles. The van der Waals surface area contributed by atoms with Crippen molar-refractivity contribution < 1.29 is 9.84 Å². The molecule has 0 amide bonds. The van der Waals surface area contributed by atoms with E-state index in [0.717, 1.165) is 30.0 Å². The van der Waals surface area contributed by atoms with Crippen LogP contribution in [0.2, 0.25) is 0 Å². The van der Waals surface area contributed by atoms with Crippen LogP contribution in [0.25, 0.3) is 0 Å². The molecule has 2 rings (SSSR count). The number of rotatable bonds is 1. The van der Waals surface area contributed by atoms with Crippen LogP contribution < -0.4 is 0 Å². The number of nitrogens with zero attached hydrogens (tertiary/aromatic N) is 1. The molecule has 3 heteroatoms. The maximum Gasteiger partial charge on any atom is 0.0853 e. The largest absolute Gasteiger partial charge is 0.390 e. The van der Waals surface area contributed by atoms with Gasteiger partial charge in [-0.1, -0.05) is 6.07 Å². The van der Waals surface area contributed by atoms with Crippen LogP contribution in [-0.2, 0) is 24.4 Å². The lowest BCUT2D eigenvalue weighted by molar-refractivity contribution is 0.109. The van der Waals surface area contributed by atoms with Crippen LogP contribution in [0.1, 0.15) is 17.0 Å². The zero-order valence-electron chi connectivity index (χ0n) is 6.79. The second kappa shape index (κ2) is 3.21. The molecule has 0 radical (unpaired) electrons. The van der Waals surface area contributed by atoms with Gasteiger partial charge in [0.15, 0.2) is 0 Å². The smallest absolute Gasteiger partial charge is 0.0853 e. The van der Waals surface area contributed by atoms with E-state index in [1.165, 1.54) is 0 Å². The maximum atomic E-state index is 8.85. The summed E-state index contributed by atoms with van der Waals surface area (Å²) in [5.74, 6) is 0. The first-order valence-corrected chi connectivity index (χ1v) is 4.06. The molecule has 0 saturated carbocycles. The van der Waals surface area contributed by atoms with E-state index in [4.69, 9.17) is 9.84 Å². The number of pyridine rings is 1. The summed E-state index contributed by atoms with van der Waals surface area (Å²) in [6.07, 6.45) is 0.864. The van der Waals surface area contributed by atoms with E-state index in [-0.39, 0.29) is 6.61 Å². The molecule has 0 bridgehead atoms. The molecule has 1 aliphatic rings.